The van der Waals surface area contributed by atoms with Crippen molar-refractivity contribution in [3.8, 4) is 0 Å². The van der Waals surface area contributed by atoms with E-state index in [0.29, 0.717) is 5.56 Å². The van der Waals surface area contributed by atoms with Gasteiger partial charge in [-0.15, -0.1) is 0 Å². The zero-order valence-electron chi connectivity index (χ0n) is 17.2. The zero-order valence-corrected chi connectivity index (χ0v) is 17.2. The molecule has 0 radical (unpaired) electrons. The molecule has 0 aromatic heterocycles. The van der Waals surface area contributed by atoms with E-state index in [4.69, 9.17) is 4.74 Å². The van der Waals surface area contributed by atoms with Gasteiger partial charge in [-0.3, -0.25) is 4.79 Å². The molecule has 0 aliphatic rings. The van der Waals surface area contributed by atoms with Crippen molar-refractivity contribution in [1.29, 1.82) is 0 Å². The molecule has 0 spiro atoms. The molecule has 152 valence electrons. The Labute approximate surface area is 164 Å². The van der Waals surface area contributed by atoms with Crippen LogP contribution in [0.4, 0.5) is 0 Å². The highest BCUT2D eigenvalue weighted by Gasteiger charge is 2.15. The number of unbranched alkanes of at least 4 members (excludes halogenated alkanes) is 2. The Bertz CT molecular complexity index is 550. The van der Waals surface area contributed by atoms with Crippen LogP contribution in [0.2, 0.25) is 0 Å². The molecule has 0 bridgehead atoms. The van der Waals surface area contributed by atoms with Crippen molar-refractivity contribution < 1.29 is 19.4 Å². The molecule has 0 fully saturated rings. The van der Waals surface area contributed by atoms with Crippen LogP contribution in [0.1, 0.15) is 87.6 Å². The van der Waals surface area contributed by atoms with Crippen LogP contribution in [-0.4, -0.2) is 30.1 Å². The predicted molar refractivity (Wildman–Crippen MR) is 109 cm³/mol. The minimum Gasteiger partial charge on any atom is -0.465 e. The fourth-order valence-electron chi connectivity index (χ4n) is 3.40. The molecule has 2 unspecified atom stereocenters. The topological polar surface area (TPSA) is 63.6 Å². The SMILES string of the molecule is CCCCCC(O)CCCC(CCCc1ccc(C(=O)OC)cc1)C(C)=O. The smallest absolute Gasteiger partial charge is 0.337 e. The Morgan fingerprint density at radius 1 is 0.963 bits per heavy atom. The highest BCUT2D eigenvalue weighted by atomic mass is 16.5. The molecule has 1 N–H and O–H groups in total. The summed E-state index contributed by atoms with van der Waals surface area (Å²) < 4.78 is 4.70. The predicted octanol–water partition coefficient (Wildman–Crippen LogP) is 5.11. The summed E-state index contributed by atoms with van der Waals surface area (Å²) in [6.45, 7) is 3.84. The summed E-state index contributed by atoms with van der Waals surface area (Å²) in [6.07, 6.45) is 9.36. The Morgan fingerprint density at radius 2 is 1.59 bits per heavy atom. The van der Waals surface area contributed by atoms with Crippen molar-refractivity contribution in [3.05, 3.63) is 35.4 Å². The first kappa shape index (κ1) is 23.4. The van der Waals surface area contributed by atoms with Crippen molar-refractivity contribution in [2.45, 2.75) is 84.2 Å². The average molecular weight is 377 g/mol. The molecule has 1 rings (SSSR count). The van der Waals surface area contributed by atoms with Gasteiger partial charge < -0.3 is 9.84 Å². The van der Waals surface area contributed by atoms with Gasteiger partial charge in [-0.2, -0.15) is 0 Å². The third-order valence-corrected chi connectivity index (χ3v) is 5.20. The van der Waals surface area contributed by atoms with Gasteiger partial charge in [-0.05, 0) is 63.1 Å². The fourth-order valence-corrected chi connectivity index (χ4v) is 3.40. The van der Waals surface area contributed by atoms with Crippen LogP contribution < -0.4 is 0 Å². The number of Topliss-reactive ketones (excluding diaryl/α,β-unsaturated/α-hetero) is 1. The van der Waals surface area contributed by atoms with Crippen LogP contribution in [0.25, 0.3) is 0 Å². The molecule has 4 heteroatoms. The number of hydrogen-bond donors (Lipinski definition) is 1. The van der Waals surface area contributed by atoms with E-state index >= 15 is 0 Å². The van der Waals surface area contributed by atoms with E-state index in [1.165, 1.54) is 20.0 Å². The second-order valence-corrected chi connectivity index (χ2v) is 7.47. The van der Waals surface area contributed by atoms with E-state index in [-0.39, 0.29) is 23.8 Å². The maximum Gasteiger partial charge on any atom is 0.337 e. The van der Waals surface area contributed by atoms with E-state index in [9.17, 15) is 14.7 Å². The Morgan fingerprint density at radius 3 is 2.19 bits per heavy atom. The summed E-state index contributed by atoms with van der Waals surface area (Å²) in [5, 5.41) is 10.0. The summed E-state index contributed by atoms with van der Waals surface area (Å²) in [5.41, 5.74) is 1.72. The van der Waals surface area contributed by atoms with Crippen molar-refractivity contribution in [3.63, 3.8) is 0 Å². The standard InChI is InChI=1S/C23H36O4/c1-4-5-6-12-22(25)13-8-11-20(18(2)24)10-7-9-19-14-16-21(17-15-19)23(26)27-3/h14-17,20,22,25H,4-13H2,1-3H3. The van der Waals surface area contributed by atoms with E-state index < -0.39 is 0 Å². The fraction of sp³-hybridized carbons (Fsp3) is 0.652. The number of carbonyl (C=O) groups excluding carboxylic acids is 2. The average Bonchev–Trinajstić information content (AvgIpc) is 2.66. The Balaban J connectivity index is 2.32. The number of methoxy groups -OCH3 is 1. The first-order valence-electron chi connectivity index (χ1n) is 10.3. The van der Waals surface area contributed by atoms with Crippen molar-refractivity contribution >= 4 is 11.8 Å². The molecule has 0 saturated heterocycles. The summed E-state index contributed by atoms with van der Waals surface area (Å²) in [5.74, 6) is 0.00812. The van der Waals surface area contributed by atoms with Gasteiger partial charge in [-0.25, -0.2) is 4.79 Å². The number of benzene rings is 1. The monoisotopic (exact) mass is 376 g/mol. The van der Waals surface area contributed by atoms with E-state index in [0.717, 1.165) is 56.9 Å². The van der Waals surface area contributed by atoms with Gasteiger partial charge in [0.1, 0.15) is 5.78 Å². The Hall–Kier alpha value is -1.68. The molecule has 0 heterocycles. The van der Waals surface area contributed by atoms with Crippen molar-refractivity contribution in [1.82, 2.24) is 0 Å². The minimum absolute atomic E-state index is 0.0854. The van der Waals surface area contributed by atoms with Crippen LogP contribution in [-0.2, 0) is 16.0 Å². The number of hydrogen-bond acceptors (Lipinski definition) is 4. The lowest BCUT2D eigenvalue weighted by Gasteiger charge is -2.15. The third-order valence-electron chi connectivity index (χ3n) is 5.20. The maximum absolute atomic E-state index is 11.9. The van der Waals surface area contributed by atoms with Gasteiger partial charge in [-0.1, -0.05) is 44.7 Å². The molecule has 0 saturated carbocycles. The molecule has 0 amide bonds. The second kappa shape index (κ2) is 13.5. The van der Waals surface area contributed by atoms with Crippen LogP contribution in [0, 0.1) is 5.92 Å². The zero-order chi connectivity index (χ0) is 20.1. The number of rotatable bonds is 14. The lowest BCUT2D eigenvalue weighted by atomic mass is 9.90. The number of carbonyl (C=O) groups is 2. The molecular formula is C23H36O4. The highest BCUT2D eigenvalue weighted by Crippen LogP contribution is 2.20. The van der Waals surface area contributed by atoms with Gasteiger partial charge >= 0.3 is 5.97 Å². The van der Waals surface area contributed by atoms with E-state index in [1.54, 1.807) is 19.1 Å². The molecule has 0 aliphatic heterocycles. The highest BCUT2D eigenvalue weighted by molar-refractivity contribution is 5.89. The van der Waals surface area contributed by atoms with E-state index in [1.807, 2.05) is 12.1 Å². The molecular weight excluding hydrogens is 340 g/mol. The molecule has 1 aromatic carbocycles. The number of ether oxygens (including phenoxy) is 1. The number of ketones is 1. The van der Waals surface area contributed by atoms with Crippen LogP contribution >= 0.6 is 0 Å². The van der Waals surface area contributed by atoms with E-state index in [2.05, 4.69) is 6.92 Å². The lowest BCUT2D eigenvalue weighted by Crippen LogP contribution is -2.13. The Kier molecular flexibility index (Phi) is 11.7. The van der Waals surface area contributed by atoms with Crippen LogP contribution in [0.5, 0.6) is 0 Å². The second-order valence-electron chi connectivity index (χ2n) is 7.47. The molecule has 27 heavy (non-hydrogen) atoms. The van der Waals surface area contributed by atoms with Gasteiger partial charge in [0.15, 0.2) is 0 Å². The summed E-state index contributed by atoms with van der Waals surface area (Å²) in [7, 11) is 1.38. The normalized spacial score (nSPS) is 13.2. The van der Waals surface area contributed by atoms with Crippen molar-refractivity contribution in [2.75, 3.05) is 7.11 Å². The number of aliphatic hydroxyl groups excluding tert-OH is 1. The summed E-state index contributed by atoms with van der Waals surface area (Å²) in [4.78, 5) is 23.4. The number of aryl methyl sites for hydroxylation is 1. The molecule has 0 aliphatic carbocycles. The van der Waals surface area contributed by atoms with Crippen LogP contribution in [0.15, 0.2) is 24.3 Å². The first-order valence-corrected chi connectivity index (χ1v) is 10.3. The minimum atomic E-state index is -0.324. The molecule has 1 aromatic rings. The van der Waals surface area contributed by atoms with Crippen LogP contribution in [0.3, 0.4) is 0 Å². The van der Waals surface area contributed by atoms with Crippen molar-refractivity contribution in [2.24, 2.45) is 5.92 Å². The quantitative estimate of drug-likeness (QED) is 0.362. The number of esters is 1. The largest absolute Gasteiger partial charge is 0.465 e. The van der Waals surface area contributed by atoms with Gasteiger partial charge in [0.05, 0.1) is 18.8 Å². The third kappa shape index (κ3) is 9.71. The lowest BCUT2D eigenvalue weighted by molar-refractivity contribution is -0.121. The van der Waals surface area contributed by atoms with Gasteiger partial charge in [0.25, 0.3) is 0 Å². The number of aliphatic hydroxyl groups is 1. The van der Waals surface area contributed by atoms with Gasteiger partial charge in [0, 0.05) is 5.92 Å². The maximum atomic E-state index is 11.9. The summed E-state index contributed by atoms with van der Waals surface area (Å²) in [6, 6.07) is 7.45. The molecule has 4 nitrogen and oxygen atoms in total. The summed E-state index contributed by atoms with van der Waals surface area (Å²) >= 11 is 0. The first-order chi connectivity index (χ1) is 13.0. The van der Waals surface area contributed by atoms with Gasteiger partial charge in [0.2, 0.25) is 0 Å². The molecule has 2 atom stereocenters.